The number of aromatic nitrogens is 2. The van der Waals surface area contributed by atoms with Crippen LogP contribution in [0.5, 0.6) is 11.6 Å². The van der Waals surface area contributed by atoms with Gasteiger partial charge in [-0.3, -0.25) is 4.90 Å². The van der Waals surface area contributed by atoms with Crippen LogP contribution in [0.2, 0.25) is 0 Å². The van der Waals surface area contributed by atoms with Crippen LogP contribution in [0.1, 0.15) is 45.4 Å². The number of para-hydroxylation sites is 2. The van der Waals surface area contributed by atoms with Crippen molar-refractivity contribution in [2.24, 2.45) is 5.92 Å². The number of hydrogen-bond acceptors (Lipinski definition) is 4. The summed E-state index contributed by atoms with van der Waals surface area (Å²) in [6.07, 6.45) is 1.21. The van der Waals surface area contributed by atoms with Crippen molar-refractivity contribution in [3.05, 3.63) is 71.9 Å². The van der Waals surface area contributed by atoms with E-state index in [1.807, 2.05) is 72.3 Å². The quantitative estimate of drug-likeness (QED) is 0.447. The molecule has 0 saturated carbocycles. The molecule has 1 atom stereocenters. The zero-order chi connectivity index (χ0) is 22.2. The average Bonchev–Trinajstić information content (AvgIpc) is 3.11. The molecule has 0 spiro atoms. The molecule has 0 saturated heterocycles. The van der Waals surface area contributed by atoms with Crippen LogP contribution >= 0.6 is 0 Å². The lowest BCUT2D eigenvalue weighted by molar-refractivity contribution is 0.0980. The number of benzene rings is 2. The van der Waals surface area contributed by atoms with E-state index in [0.717, 1.165) is 48.0 Å². The van der Waals surface area contributed by atoms with Crippen molar-refractivity contribution in [3.63, 3.8) is 0 Å². The van der Waals surface area contributed by atoms with Gasteiger partial charge in [0.2, 0.25) is 5.88 Å². The third kappa shape index (κ3) is 6.18. The Balaban J connectivity index is 2.05. The fourth-order valence-electron chi connectivity index (χ4n) is 3.74. The molecule has 2 aromatic carbocycles. The third-order valence-corrected chi connectivity index (χ3v) is 5.26. The molecule has 1 heterocycles. The number of aliphatic hydroxyl groups excluding tert-OH is 1. The Morgan fingerprint density at radius 1 is 0.968 bits per heavy atom. The summed E-state index contributed by atoms with van der Waals surface area (Å²) < 4.78 is 8.33. The van der Waals surface area contributed by atoms with E-state index in [1.54, 1.807) is 0 Å². The van der Waals surface area contributed by atoms with Crippen LogP contribution in [0.3, 0.4) is 0 Å². The fourth-order valence-corrected chi connectivity index (χ4v) is 3.74. The first-order chi connectivity index (χ1) is 15.0. The first-order valence-corrected chi connectivity index (χ1v) is 11.3. The summed E-state index contributed by atoms with van der Waals surface area (Å²) in [5.41, 5.74) is 3.08. The number of ether oxygens (including phenoxy) is 1. The molecular weight excluding hydrogens is 386 g/mol. The number of aliphatic hydroxyl groups is 1. The van der Waals surface area contributed by atoms with Crippen molar-refractivity contribution >= 4 is 0 Å². The van der Waals surface area contributed by atoms with Crippen LogP contribution in [0.25, 0.3) is 5.69 Å². The summed E-state index contributed by atoms with van der Waals surface area (Å²) in [6, 6.07) is 20.0. The SMILES string of the molecule is CCc1nn(-c2ccccc2)c(Oc2ccccc2)c1CN(CC(C)C)CC(O)CC. The standard InChI is InChI=1S/C26H35N3O2/c1-5-22(30)18-28(17-20(3)4)19-24-25(6-2)27-29(21-13-9-7-10-14-21)26(24)31-23-15-11-8-12-16-23/h7-16,20,22,30H,5-6,17-19H2,1-4H3. The number of nitrogens with zero attached hydrogens (tertiary/aromatic N) is 3. The van der Waals surface area contributed by atoms with Crippen LogP contribution in [-0.2, 0) is 13.0 Å². The van der Waals surface area contributed by atoms with Gasteiger partial charge in [-0.2, -0.15) is 5.10 Å². The van der Waals surface area contributed by atoms with Crippen LogP contribution in [-0.4, -0.2) is 39.0 Å². The molecule has 0 amide bonds. The minimum Gasteiger partial charge on any atom is -0.439 e. The molecule has 166 valence electrons. The summed E-state index contributed by atoms with van der Waals surface area (Å²) in [5.74, 6) is 2.03. The average molecular weight is 422 g/mol. The second-order valence-corrected chi connectivity index (χ2v) is 8.40. The zero-order valence-corrected chi connectivity index (χ0v) is 19.2. The topological polar surface area (TPSA) is 50.5 Å². The highest BCUT2D eigenvalue weighted by Gasteiger charge is 2.23. The van der Waals surface area contributed by atoms with Gasteiger partial charge in [0.25, 0.3) is 0 Å². The highest BCUT2D eigenvalue weighted by atomic mass is 16.5. The first-order valence-electron chi connectivity index (χ1n) is 11.3. The Labute approximate surface area is 186 Å². The molecule has 3 rings (SSSR count). The van der Waals surface area contributed by atoms with Gasteiger partial charge in [0, 0.05) is 19.6 Å². The number of rotatable bonds is 11. The summed E-state index contributed by atoms with van der Waals surface area (Å²) in [7, 11) is 0. The van der Waals surface area contributed by atoms with E-state index in [2.05, 4.69) is 25.7 Å². The maximum absolute atomic E-state index is 10.3. The van der Waals surface area contributed by atoms with E-state index < -0.39 is 0 Å². The lowest BCUT2D eigenvalue weighted by Crippen LogP contribution is -2.34. The molecule has 0 aliphatic rings. The molecule has 31 heavy (non-hydrogen) atoms. The molecular formula is C26H35N3O2. The third-order valence-electron chi connectivity index (χ3n) is 5.26. The monoisotopic (exact) mass is 421 g/mol. The molecule has 5 heteroatoms. The van der Waals surface area contributed by atoms with Crippen LogP contribution < -0.4 is 4.74 Å². The molecule has 0 fully saturated rings. The van der Waals surface area contributed by atoms with Crippen molar-refractivity contribution < 1.29 is 9.84 Å². The lowest BCUT2D eigenvalue weighted by atomic mass is 10.1. The first kappa shape index (κ1) is 23.0. The highest BCUT2D eigenvalue weighted by molar-refractivity contribution is 5.43. The van der Waals surface area contributed by atoms with E-state index in [-0.39, 0.29) is 6.10 Å². The van der Waals surface area contributed by atoms with Crippen molar-refractivity contribution in [2.45, 2.75) is 53.2 Å². The van der Waals surface area contributed by atoms with E-state index in [1.165, 1.54) is 0 Å². The van der Waals surface area contributed by atoms with E-state index in [4.69, 9.17) is 9.84 Å². The minimum atomic E-state index is -0.341. The molecule has 0 aliphatic heterocycles. The summed E-state index contributed by atoms with van der Waals surface area (Å²) in [6.45, 7) is 10.8. The van der Waals surface area contributed by atoms with Crippen molar-refractivity contribution in [3.8, 4) is 17.3 Å². The zero-order valence-electron chi connectivity index (χ0n) is 19.2. The van der Waals surface area contributed by atoms with Gasteiger partial charge in [-0.1, -0.05) is 64.1 Å². The predicted molar refractivity (Wildman–Crippen MR) is 126 cm³/mol. The Bertz CT molecular complexity index is 923. The maximum Gasteiger partial charge on any atom is 0.227 e. The second-order valence-electron chi connectivity index (χ2n) is 8.40. The molecule has 0 radical (unpaired) electrons. The maximum atomic E-state index is 10.3. The van der Waals surface area contributed by atoms with Gasteiger partial charge >= 0.3 is 0 Å². The van der Waals surface area contributed by atoms with E-state index >= 15 is 0 Å². The number of aryl methyl sites for hydroxylation is 1. The largest absolute Gasteiger partial charge is 0.439 e. The van der Waals surface area contributed by atoms with Crippen LogP contribution in [0, 0.1) is 5.92 Å². The van der Waals surface area contributed by atoms with Gasteiger partial charge in [-0.05, 0) is 43.0 Å². The molecule has 1 unspecified atom stereocenters. The normalized spacial score (nSPS) is 12.5. The van der Waals surface area contributed by atoms with Crippen molar-refractivity contribution in [1.82, 2.24) is 14.7 Å². The summed E-state index contributed by atoms with van der Waals surface area (Å²) in [5, 5.41) is 15.3. The van der Waals surface area contributed by atoms with Gasteiger partial charge in [0.1, 0.15) is 5.75 Å². The molecule has 5 nitrogen and oxygen atoms in total. The molecule has 0 aliphatic carbocycles. The summed E-state index contributed by atoms with van der Waals surface area (Å²) >= 11 is 0. The van der Waals surface area contributed by atoms with E-state index in [9.17, 15) is 5.11 Å². The Kier molecular flexibility index (Phi) is 8.27. The van der Waals surface area contributed by atoms with Crippen molar-refractivity contribution in [2.75, 3.05) is 13.1 Å². The Hall–Kier alpha value is -2.63. The Morgan fingerprint density at radius 3 is 2.19 bits per heavy atom. The number of hydrogen-bond donors (Lipinski definition) is 1. The Morgan fingerprint density at radius 2 is 1.61 bits per heavy atom. The smallest absolute Gasteiger partial charge is 0.227 e. The summed E-state index contributed by atoms with van der Waals surface area (Å²) in [4.78, 5) is 2.32. The molecule has 1 N–H and O–H groups in total. The molecule has 3 aromatic rings. The van der Waals surface area contributed by atoms with E-state index in [0.29, 0.717) is 19.0 Å². The van der Waals surface area contributed by atoms with Gasteiger partial charge < -0.3 is 9.84 Å². The van der Waals surface area contributed by atoms with Gasteiger partial charge in [-0.25, -0.2) is 4.68 Å². The van der Waals surface area contributed by atoms with Gasteiger partial charge in [0.05, 0.1) is 23.0 Å². The van der Waals surface area contributed by atoms with Crippen LogP contribution in [0.4, 0.5) is 0 Å². The van der Waals surface area contributed by atoms with Gasteiger partial charge in [0.15, 0.2) is 0 Å². The minimum absolute atomic E-state index is 0.341. The second kappa shape index (κ2) is 11.1. The lowest BCUT2D eigenvalue weighted by Gasteiger charge is -2.26. The van der Waals surface area contributed by atoms with Gasteiger partial charge in [-0.15, -0.1) is 0 Å². The fraction of sp³-hybridized carbons (Fsp3) is 0.423. The predicted octanol–water partition coefficient (Wildman–Crippen LogP) is 5.46. The molecule has 0 bridgehead atoms. The molecule has 1 aromatic heterocycles. The van der Waals surface area contributed by atoms with Crippen LogP contribution in [0.15, 0.2) is 60.7 Å². The van der Waals surface area contributed by atoms with Crippen molar-refractivity contribution in [1.29, 1.82) is 0 Å². The highest BCUT2D eigenvalue weighted by Crippen LogP contribution is 2.32.